The first-order chi connectivity index (χ1) is 7.19. The predicted octanol–water partition coefficient (Wildman–Crippen LogP) is 1.20. The van der Waals surface area contributed by atoms with E-state index in [0.717, 1.165) is 12.8 Å². The molecule has 1 aliphatic heterocycles. The highest BCUT2D eigenvalue weighted by atomic mass is 16.5. The number of rotatable bonds is 5. The molecule has 1 atom stereocenters. The molecule has 1 amide bonds. The molecule has 4 heteroatoms. The van der Waals surface area contributed by atoms with Crippen LogP contribution in [0.3, 0.4) is 0 Å². The highest BCUT2D eigenvalue weighted by Crippen LogP contribution is 2.18. The highest BCUT2D eigenvalue weighted by Gasteiger charge is 2.34. The van der Waals surface area contributed by atoms with Gasteiger partial charge in [-0.15, -0.1) is 0 Å². The second kappa shape index (κ2) is 5.73. The van der Waals surface area contributed by atoms with E-state index < -0.39 is 0 Å². The Morgan fingerprint density at radius 3 is 2.80 bits per heavy atom. The quantitative estimate of drug-likeness (QED) is 0.509. The minimum absolute atomic E-state index is 0.0648. The predicted molar refractivity (Wildman–Crippen MR) is 56.2 cm³/mol. The van der Waals surface area contributed by atoms with E-state index in [2.05, 4.69) is 0 Å². The number of esters is 1. The van der Waals surface area contributed by atoms with Gasteiger partial charge in [0.15, 0.2) is 0 Å². The fourth-order valence-electron chi connectivity index (χ4n) is 1.67. The van der Waals surface area contributed by atoms with Crippen LogP contribution in [0.15, 0.2) is 0 Å². The van der Waals surface area contributed by atoms with Crippen molar-refractivity contribution in [3.05, 3.63) is 0 Å². The van der Waals surface area contributed by atoms with Gasteiger partial charge in [-0.25, -0.2) is 0 Å². The van der Waals surface area contributed by atoms with Crippen LogP contribution in [0.5, 0.6) is 0 Å². The van der Waals surface area contributed by atoms with Crippen molar-refractivity contribution in [1.29, 1.82) is 0 Å². The third-order valence-electron chi connectivity index (χ3n) is 2.67. The molecule has 0 saturated carbocycles. The van der Waals surface area contributed by atoms with E-state index >= 15 is 0 Å². The Kier molecular flexibility index (Phi) is 4.59. The van der Waals surface area contributed by atoms with Crippen LogP contribution in [0.2, 0.25) is 0 Å². The maximum atomic E-state index is 11.5. The van der Waals surface area contributed by atoms with Crippen molar-refractivity contribution in [2.24, 2.45) is 5.92 Å². The van der Waals surface area contributed by atoms with Crippen molar-refractivity contribution >= 4 is 11.9 Å². The molecule has 86 valence electrons. The van der Waals surface area contributed by atoms with Gasteiger partial charge < -0.3 is 9.64 Å². The average Bonchev–Trinajstić information content (AvgIpc) is 2.60. The minimum atomic E-state index is -0.241. The first kappa shape index (κ1) is 12.0. The Balaban J connectivity index is 2.32. The fourth-order valence-corrected chi connectivity index (χ4v) is 1.67. The molecule has 4 nitrogen and oxygen atoms in total. The van der Waals surface area contributed by atoms with Crippen LogP contribution in [0.4, 0.5) is 0 Å². The van der Waals surface area contributed by atoms with Crippen molar-refractivity contribution in [2.75, 3.05) is 19.7 Å². The summed E-state index contributed by atoms with van der Waals surface area (Å²) in [7, 11) is 0. The first-order valence-electron chi connectivity index (χ1n) is 5.63. The summed E-state index contributed by atoms with van der Waals surface area (Å²) in [5.41, 5.74) is 0. The monoisotopic (exact) mass is 213 g/mol. The molecule has 0 N–H and O–H groups in total. The zero-order valence-corrected chi connectivity index (χ0v) is 9.49. The molecule has 1 unspecified atom stereocenters. The molecule has 0 aromatic carbocycles. The topological polar surface area (TPSA) is 46.6 Å². The first-order valence-corrected chi connectivity index (χ1v) is 5.63. The van der Waals surface area contributed by atoms with Gasteiger partial charge in [0.1, 0.15) is 0 Å². The van der Waals surface area contributed by atoms with Crippen LogP contribution in [0, 0.1) is 5.92 Å². The molecule has 0 spiro atoms. The lowest BCUT2D eigenvalue weighted by atomic mass is 10.1. The summed E-state index contributed by atoms with van der Waals surface area (Å²) in [4.78, 5) is 24.6. The third-order valence-corrected chi connectivity index (χ3v) is 2.67. The van der Waals surface area contributed by atoms with Crippen LogP contribution in [-0.4, -0.2) is 36.5 Å². The summed E-state index contributed by atoms with van der Waals surface area (Å²) in [5, 5.41) is 0. The van der Waals surface area contributed by atoms with Gasteiger partial charge in [0.2, 0.25) is 5.91 Å². The lowest BCUT2D eigenvalue weighted by Gasteiger charge is -2.13. The van der Waals surface area contributed by atoms with Crippen LogP contribution in [-0.2, 0) is 14.3 Å². The Hall–Kier alpha value is -1.06. The summed E-state index contributed by atoms with van der Waals surface area (Å²) in [5.74, 6) is -0.392. The zero-order chi connectivity index (χ0) is 11.3. The van der Waals surface area contributed by atoms with E-state index in [4.69, 9.17) is 4.74 Å². The lowest BCUT2D eigenvalue weighted by molar-refractivity contribution is -0.148. The molecule has 1 fully saturated rings. The van der Waals surface area contributed by atoms with E-state index in [-0.39, 0.29) is 17.8 Å². The van der Waals surface area contributed by atoms with Gasteiger partial charge in [-0.3, -0.25) is 9.59 Å². The number of ether oxygens (including phenoxy) is 1. The van der Waals surface area contributed by atoms with Crippen molar-refractivity contribution in [3.63, 3.8) is 0 Å². The van der Waals surface area contributed by atoms with Crippen molar-refractivity contribution < 1.29 is 14.3 Å². The normalized spacial score (nSPS) is 20.8. The molecule has 1 saturated heterocycles. The molecule has 15 heavy (non-hydrogen) atoms. The van der Waals surface area contributed by atoms with Crippen LogP contribution in [0.1, 0.15) is 33.1 Å². The Morgan fingerprint density at radius 1 is 1.53 bits per heavy atom. The molecule has 0 radical (unpaired) electrons. The second-order valence-electron chi connectivity index (χ2n) is 3.85. The van der Waals surface area contributed by atoms with Crippen LogP contribution >= 0.6 is 0 Å². The molecule has 0 aliphatic carbocycles. The van der Waals surface area contributed by atoms with Gasteiger partial charge in [0, 0.05) is 19.5 Å². The second-order valence-corrected chi connectivity index (χ2v) is 3.85. The van der Waals surface area contributed by atoms with Gasteiger partial charge in [-0.2, -0.15) is 0 Å². The van der Waals surface area contributed by atoms with Gasteiger partial charge in [-0.05, 0) is 13.3 Å². The number of carbonyl (C=O) groups is 2. The summed E-state index contributed by atoms with van der Waals surface area (Å²) in [6.07, 6.45) is 2.22. The maximum Gasteiger partial charge on any atom is 0.311 e. The van der Waals surface area contributed by atoms with Crippen LogP contribution < -0.4 is 0 Å². The van der Waals surface area contributed by atoms with Gasteiger partial charge in [-0.1, -0.05) is 13.3 Å². The number of likely N-dealkylation sites (tertiary alicyclic amines) is 1. The zero-order valence-electron chi connectivity index (χ0n) is 9.49. The SMILES string of the molecule is CCCCOC(=O)C1CC(=O)N(CC)C1. The molecular weight excluding hydrogens is 194 g/mol. The lowest BCUT2D eigenvalue weighted by Crippen LogP contribution is -2.26. The number of carbonyl (C=O) groups excluding carboxylic acids is 2. The average molecular weight is 213 g/mol. The molecule has 0 aromatic heterocycles. The van der Waals surface area contributed by atoms with E-state index in [1.54, 1.807) is 4.90 Å². The number of hydrogen-bond acceptors (Lipinski definition) is 3. The third kappa shape index (κ3) is 3.22. The number of unbranched alkanes of at least 4 members (excludes halogenated alkanes) is 1. The molecule has 1 heterocycles. The molecule has 0 bridgehead atoms. The molecule has 1 rings (SSSR count). The van der Waals surface area contributed by atoms with E-state index in [0.29, 0.717) is 26.1 Å². The number of nitrogens with zero attached hydrogens (tertiary/aromatic N) is 1. The number of amides is 1. The van der Waals surface area contributed by atoms with Gasteiger partial charge in [0.25, 0.3) is 0 Å². The van der Waals surface area contributed by atoms with Gasteiger partial charge >= 0.3 is 5.97 Å². The largest absolute Gasteiger partial charge is 0.465 e. The summed E-state index contributed by atoms with van der Waals surface area (Å²) < 4.78 is 5.09. The molecular formula is C11H19NO3. The minimum Gasteiger partial charge on any atom is -0.465 e. The van der Waals surface area contributed by atoms with E-state index in [1.807, 2.05) is 13.8 Å². The Labute approximate surface area is 90.6 Å². The summed E-state index contributed by atoms with van der Waals surface area (Å²) in [6.45, 7) is 5.65. The van der Waals surface area contributed by atoms with Gasteiger partial charge in [0.05, 0.1) is 12.5 Å². The van der Waals surface area contributed by atoms with E-state index in [1.165, 1.54) is 0 Å². The maximum absolute atomic E-state index is 11.5. The van der Waals surface area contributed by atoms with Crippen molar-refractivity contribution in [2.45, 2.75) is 33.1 Å². The van der Waals surface area contributed by atoms with E-state index in [9.17, 15) is 9.59 Å². The molecule has 0 aromatic rings. The fraction of sp³-hybridized carbons (Fsp3) is 0.818. The standard InChI is InChI=1S/C11H19NO3/c1-3-5-6-15-11(14)9-7-10(13)12(4-2)8-9/h9H,3-8H2,1-2H3. The Bertz CT molecular complexity index is 240. The number of hydrogen-bond donors (Lipinski definition) is 0. The van der Waals surface area contributed by atoms with Crippen LogP contribution in [0.25, 0.3) is 0 Å². The summed E-state index contributed by atoms with van der Waals surface area (Å²) in [6, 6.07) is 0. The molecule has 1 aliphatic rings. The highest BCUT2D eigenvalue weighted by molar-refractivity contribution is 5.86. The Morgan fingerprint density at radius 2 is 2.27 bits per heavy atom. The summed E-state index contributed by atoms with van der Waals surface area (Å²) >= 11 is 0. The van der Waals surface area contributed by atoms with Crippen molar-refractivity contribution in [3.8, 4) is 0 Å². The smallest absolute Gasteiger partial charge is 0.311 e. The van der Waals surface area contributed by atoms with Crippen molar-refractivity contribution in [1.82, 2.24) is 4.90 Å².